The van der Waals surface area contributed by atoms with Crippen molar-refractivity contribution in [1.82, 2.24) is 9.97 Å². The third-order valence-corrected chi connectivity index (χ3v) is 3.21. The zero-order chi connectivity index (χ0) is 11.9. The van der Waals surface area contributed by atoms with E-state index in [0.29, 0.717) is 13.2 Å². The van der Waals surface area contributed by atoms with Crippen LogP contribution in [0.1, 0.15) is 12.2 Å². The van der Waals surface area contributed by atoms with Crippen molar-refractivity contribution in [2.75, 3.05) is 20.3 Å². The second-order valence-electron chi connectivity index (χ2n) is 4.43. The van der Waals surface area contributed by atoms with Crippen LogP contribution in [0.3, 0.4) is 0 Å². The summed E-state index contributed by atoms with van der Waals surface area (Å²) in [6.45, 7) is 1.21. The molecule has 0 radical (unpaired) electrons. The topological polar surface area (TPSA) is 73.2 Å². The highest BCUT2D eigenvalue weighted by atomic mass is 16.5. The van der Waals surface area contributed by atoms with Crippen molar-refractivity contribution in [3.63, 3.8) is 0 Å². The quantitative estimate of drug-likeness (QED) is 0.816. The fourth-order valence-corrected chi connectivity index (χ4v) is 2.12. The number of aromatic nitrogens is 2. The van der Waals surface area contributed by atoms with Crippen molar-refractivity contribution in [3.8, 4) is 5.75 Å². The van der Waals surface area contributed by atoms with Crippen LogP contribution < -0.4 is 10.5 Å². The number of fused-ring (bicyclic) bond motifs is 1. The lowest BCUT2D eigenvalue weighted by Gasteiger charge is -2.17. The van der Waals surface area contributed by atoms with Crippen LogP contribution in [0, 0.1) is 0 Å². The highest BCUT2D eigenvalue weighted by molar-refractivity contribution is 5.77. The van der Waals surface area contributed by atoms with E-state index < -0.39 is 5.54 Å². The molecule has 0 spiro atoms. The molecule has 3 rings (SSSR count). The van der Waals surface area contributed by atoms with E-state index in [1.54, 1.807) is 7.11 Å². The van der Waals surface area contributed by atoms with Crippen molar-refractivity contribution in [3.05, 3.63) is 24.0 Å². The van der Waals surface area contributed by atoms with E-state index in [4.69, 9.17) is 15.2 Å². The lowest BCUT2D eigenvalue weighted by molar-refractivity contribution is 0.176. The van der Waals surface area contributed by atoms with Crippen LogP contribution in [0.25, 0.3) is 11.0 Å². The van der Waals surface area contributed by atoms with Crippen molar-refractivity contribution in [2.45, 2.75) is 12.0 Å². The third-order valence-electron chi connectivity index (χ3n) is 3.21. The molecule has 0 amide bonds. The molecule has 0 saturated carbocycles. The molecule has 5 heteroatoms. The summed E-state index contributed by atoms with van der Waals surface area (Å²) in [7, 11) is 1.65. The van der Waals surface area contributed by atoms with Gasteiger partial charge in [-0.25, -0.2) is 4.98 Å². The minimum atomic E-state index is -0.480. The Labute approximate surface area is 98.9 Å². The van der Waals surface area contributed by atoms with Crippen molar-refractivity contribution < 1.29 is 9.47 Å². The zero-order valence-corrected chi connectivity index (χ0v) is 9.69. The van der Waals surface area contributed by atoms with Gasteiger partial charge in [0.25, 0.3) is 0 Å². The maximum Gasteiger partial charge on any atom is 0.129 e. The van der Waals surface area contributed by atoms with Gasteiger partial charge in [0.05, 0.1) is 24.8 Å². The first-order valence-corrected chi connectivity index (χ1v) is 5.62. The van der Waals surface area contributed by atoms with Gasteiger partial charge in [-0.1, -0.05) is 0 Å². The van der Waals surface area contributed by atoms with Crippen molar-refractivity contribution in [1.29, 1.82) is 0 Å². The Morgan fingerprint density at radius 3 is 3.12 bits per heavy atom. The monoisotopic (exact) mass is 233 g/mol. The summed E-state index contributed by atoms with van der Waals surface area (Å²) in [5.74, 6) is 1.60. The molecule has 90 valence electrons. The summed E-state index contributed by atoms with van der Waals surface area (Å²) in [6, 6.07) is 5.74. The number of methoxy groups -OCH3 is 1. The highest BCUT2D eigenvalue weighted by Crippen LogP contribution is 2.28. The Morgan fingerprint density at radius 1 is 1.53 bits per heavy atom. The van der Waals surface area contributed by atoms with Gasteiger partial charge in [-0.3, -0.25) is 0 Å². The van der Waals surface area contributed by atoms with Crippen LogP contribution in [-0.4, -0.2) is 30.3 Å². The summed E-state index contributed by atoms with van der Waals surface area (Å²) in [4.78, 5) is 7.78. The number of ether oxygens (including phenoxy) is 2. The molecule has 1 aliphatic rings. The average molecular weight is 233 g/mol. The summed E-state index contributed by atoms with van der Waals surface area (Å²) < 4.78 is 10.5. The number of nitrogens with one attached hydrogen (secondary N) is 1. The second kappa shape index (κ2) is 3.72. The number of rotatable bonds is 2. The summed E-state index contributed by atoms with van der Waals surface area (Å²) >= 11 is 0. The molecule has 1 atom stereocenters. The van der Waals surface area contributed by atoms with Crippen LogP contribution in [0.2, 0.25) is 0 Å². The molecule has 2 heterocycles. The van der Waals surface area contributed by atoms with Crippen LogP contribution >= 0.6 is 0 Å². The number of nitrogens with two attached hydrogens (primary N) is 1. The molecule has 1 aromatic heterocycles. The molecule has 0 aliphatic carbocycles. The number of nitrogens with zero attached hydrogens (tertiary/aromatic N) is 1. The number of hydrogen-bond acceptors (Lipinski definition) is 4. The Balaban J connectivity index is 2.07. The molecule has 1 aromatic carbocycles. The fourth-order valence-electron chi connectivity index (χ4n) is 2.12. The number of H-pyrrole nitrogens is 1. The minimum absolute atomic E-state index is 0.480. The van der Waals surface area contributed by atoms with E-state index in [1.165, 1.54) is 0 Å². The SMILES string of the molecule is COc1ccc2nc(C3(N)CCOC3)[nH]c2c1. The van der Waals surface area contributed by atoms with E-state index in [2.05, 4.69) is 9.97 Å². The lowest BCUT2D eigenvalue weighted by Crippen LogP contribution is -2.38. The van der Waals surface area contributed by atoms with E-state index in [9.17, 15) is 0 Å². The van der Waals surface area contributed by atoms with Gasteiger partial charge in [-0.2, -0.15) is 0 Å². The smallest absolute Gasteiger partial charge is 0.129 e. The molecule has 1 saturated heterocycles. The normalized spacial score (nSPS) is 24.4. The molecule has 1 fully saturated rings. The second-order valence-corrected chi connectivity index (χ2v) is 4.43. The van der Waals surface area contributed by atoms with Crippen LogP contribution in [0.15, 0.2) is 18.2 Å². The first kappa shape index (κ1) is 10.6. The maximum absolute atomic E-state index is 6.26. The molecular formula is C12H15N3O2. The predicted molar refractivity (Wildman–Crippen MR) is 63.9 cm³/mol. The molecule has 1 unspecified atom stereocenters. The molecule has 17 heavy (non-hydrogen) atoms. The van der Waals surface area contributed by atoms with E-state index in [1.807, 2.05) is 18.2 Å². The largest absolute Gasteiger partial charge is 0.497 e. The molecule has 3 N–H and O–H groups in total. The average Bonchev–Trinajstić information content (AvgIpc) is 2.94. The first-order valence-electron chi connectivity index (χ1n) is 5.62. The minimum Gasteiger partial charge on any atom is -0.497 e. The highest BCUT2D eigenvalue weighted by Gasteiger charge is 2.35. The van der Waals surface area contributed by atoms with Crippen LogP contribution in [0.5, 0.6) is 5.75 Å². The van der Waals surface area contributed by atoms with E-state index in [0.717, 1.165) is 29.0 Å². The predicted octanol–water partition coefficient (Wildman–Crippen LogP) is 1.15. The summed E-state index contributed by atoms with van der Waals surface area (Å²) in [5.41, 5.74) is 7.63. The Kier molecular flexibility index (Phi) is 2.31. The van der Waals surface area contributed by atoms with Crippen molar-refractivity contribution in [2.24, 2.45) is 5.73 Å². The van der Waals surface area contributed by atoms with Gasteiger partial charge in [-0.05, 0) is 18.6 Å². The molecule has 5 nitrogen and oxygen atoms in total. The Morgan fingerprint density at radius 2 is 2.41 bits per heavy atom. The van der Waals surface area contributed by atoms with Gasteiger partial charge in [-0.15, -0.1) is 0 Å². The zero-order valence-electron chi connectivity index (χ0n) is 9.69. The summed E-state index contributed by atoms with van der Waals surface area (Å²) in [6.07, 6.45) is 0.796. The number of aromatic amines is 1. The fraction of sp³-hybridized carbons (Fsp3) is 0.417. The molecule has 0 bridgehead atoms. The lowest BCUT2D eigenvalue weighted by atomic mass is 10.00. The van der Waals surface area contributed by atoms with Crippen LogP contribution in [0.4, 0.5) is 0 Å². The van der Waals surface area contributed by atoms with E-state index in [-0.39, 0.29) is 0 Å². The first-order chi connectivity index (χ1) is 8.21. The van der Waals surface area contributed by atoms with Crippen LogP contribution in [-0.2, 0) is 10.3 Å². The van der Waals surface area contributed by atoms with E-state index >= 15 is 0 Å². The molecule has 2 aromatic rings. The van der Waals surface area contributed by atoms with Gasteiger partial charge >= 0.3 is 0 Å². The van der Waals surface area contributed by atoms with Gasteiger partial charge in [0.15, 0.2) is 0 Å². The molecule has 1 aliphatic heterocycles. The van der Waals surface area contributed by atoms with Gasteiger partial charge in [0.2, 0.25) is 0 Å². The Hall–Kier alpha value is -1.59. The van der Waals surface area contributed by atoms with Gasteiger partial charge < -0.3 is 20.2 Å². The number of hydrogen-bond donors (Lipinski definition) is 2. The molecular weight excluding hydrogens is 218 g/mol. The van der Waals surface area contributed by atoms with Crippen molar-refractivity contribution >= 4 is 11.0 Å². The number of imidazole rings is 1. The van der Waals surface area contributed by atoms with Gasteiger partial charge in [0.1, 0.15) is 17.1 Å². The Bertz CT molecular complexity index is 544. The third kappa shape index (κ3) is 1.67. The standard InChI is InChI=1S/C12H15N3O2/c1-16-8-2-3-9-10(6-8)15-11(14-9)12(13)4-5-17-7-12/h2-3,6H,4-5,7,13H2,1H3,(H,14,15). The number of benzene rings is 1. The summed E-state index contributed by atoms with van der Waals surface area (Å²) in [5, 5.41) is 0. The maximum atomic E-state index is 6.26. The van der Waals surface area contributed by atoms with Gasteiger partial charge in [0, 0.05) is 12.7 Å².